The van der Waals surface area contributed by atoms with Crippen molar-refractivity contribution in [2.45, 2.75) is 129 Å². The molecular formula is C24H44O4. The predicted octanol–water partition coefficient (Wildman–Crippen LogP) is 7.21. The van der Waals surface area contributed by atoms with Gasteiger partial charge in [-0.25, -0.2) is 0 Å². The average Bonchev–Trinajstić information content (AvgIpc) is 2.66. The van der Waals surface area contributed by atoms with Crippen LogP contribution in [0, 0.1) is 0 Å². The number of esters is 1. The van der Waals surface area contributed by atoms with Gasteiger partial charge in [0.1, 0.15) is 6.10 Å². The first-order chi connectivity index (χ1) is 13.6. The number of rotatable bonds is 20. The Hall–Kier alpha value is -1.32. The number of carbonyl (C=O) groups excluding carboxylic acids is 1. The van der Waals surface area contributed by atoms with E-state index in [-0.39, 0.29) is 18.5 Å². The molecule has 0 bridgehead atoms. The lowest BCUT2D eigenvalue weighted by atomic mass is 10.1. The molecule has 1 atom stereocenters. The second-order valence-corrected chi connectivity index (χ2v) is 7.82. The molecular weight excluding hydrogens is 352 g/mol. The van der Waals surface area contributed by atoms with Gasteiger partial charge in [-0.1, -0.05) is 77.7 Å². The highest BCUT2D eigenvalue weighted by Crippen LogP contribution is 2.14. The Bertz CT molecular complexity index is 403. The zero-order valence-electron chi connectivity index (χ0n) is 18.4. The van der Waals surface area contributed by atoms with Gasteiger partial charge < -0.3 is 9.84 Å². The van der Waals surface area contributed by atoms with Gasteiger partial charge in [-0.2, -0.15) is 0 Å². The van der Waals surface area contributed by atoms with Gasteiger partial charge in [-0.05, 0) is 44.6 Å². The number of hydrogen-bond donors (Lipinski definition) is 1. The Morgan fingerprint density at radius 3 is 2.00 bits per heavy atom. The standard InChI is InChI=1S/C24H44O4/c1-3-5-7-9-11-14-18-22(19-15-12-13-16-20-23(25)26)28-24(27)21-17-10-8-6-4-2/h14,18,22H,3-13,15-17,19-21H2,1-2H3,(H,25,26)/b18-14-. The van der Waals surface area contributed by atoms with E-state index in [4.69, 9.17) is 9.84 Å². The summed E-state index contributed by atoms with van der Waals surface area (Å²) in [6, 6.07) is 0. The lowest BCUT2D eigenvalue weighted by Gasteiger charge is -2.15. The van der Waals surface area contributed by atoms with E-state index in [1.165, 1.54) is 44.9 Å². The summed E-state index contributed by atoms with van der Waals surface area (Å²) < 4.78 is 5.71. The molecule has 164 valence electrons. The third-order valence-corrected chi connectivity index (χ3v) is 4.97. The van der Waals surface area contributed by atoms with Crippen LogP contribution in [-0.2, 0) is 14.3 Å². The molecule has 4 nitrogen and oxygen atoms in total. The summed E-state index contributed by atoms with van der Waals surface area (Å²) in [5, 5.41) is 8.68. The fraction of sp³-hybridized carbons (Fsp3) is 0.833. The molecule has 0 radical (unpaired) electrons. The Morgan fingerprint density at radius 2 is 1.36 bits per heavy atom. The highest BCUT2D eigenvalue weighted by atomic mass is 16.5. The van der Waals surface area contributed by atoms with Crippen molar-refractivity contribution in [2.24, 2.45) is 0 Å². The van der Waals surface area contributed by atoms with Crippen LogP contribution >= 0.6 is 0 Å². The summed E-state index contributed by atoms with van der Waals surface area (Å²) in [6.07, 6.45) is 21.0. The number of aliphatic carboxylic acids is 1. The topological polar surface area (TPSA) is 63.6 Å². The third-order valence-electron chi connectivity index (χ3n) is 4.97. The van der Waals surface area contributed by atoms with Crippen molar-refractivity contribution in [3.05, 3.63) is 12.2 Å². The molecule has 1 N–H and O–H groups in total. The molecule has 28 heavy (non-hydrogen) atoms. The maximum absolute atomic E-state index is 12.1. The quantitative estimate of drug-likeness (QED) is 0.134. The molecule has 4 heteroatoms. The van der Waals surface area contributed by atoms with Gasteiger partial charge in [-0.15, -0.1) is 0 Å². The van der Waals surface area contributed by atoms with Crippen molar-refractivity contribution < 1.29 is 19.4 Å². The smallest absolute Gasteiger partial charge is 0.306 e. The van der Waals surface area contributed by atoms with Crippen molar-refractivity contribution in [3.8, 4) is 0 Å². The van der Waals surface area contributed by atoms with Gasteiger partial charge in [0.15, 0.2) is 0 Å². The lowest BCUT2D eigenvalue weighted by molar-refractivity contribution is -0.147. The molecule has 0 aromatic carbocycles. The average molecular weight is 397 g/mol. The first-order valence-electron chi connectivity index (χ1n) is 11.7. The second kappa shape index (κ2) is 20.4. The summed E-state index contributed by atoms with van der Waals surface area (Å²) in [5.74, 6) is -0.806. The molecule has 0 rings (SSSR count). The predicted molar refractivity (Wildman–Crippen MR) is 116 cm³/mol. The van der Waals surface area contributed by atoms with Crippen LogP contribution < -0.4 is 0 Å². The van der Waals surface area contributed by atoms with E-state index in [0.717, 1.165) is 51.4 Å². The van der Waals surface area contributed by atoms with Crippen LogP contribution in [-0.4, -0.2) is 23.1 Å². The molecule has 0 saturated carbocycles. The van der Waals surface area contributed by atoms with Crippen molar-refractivity contribution in [2.75, 3.05) is 0 Å². The summed E-state index contributed by atoms with van der Waals surface area (Å²) >= 11 is 0. The summed E-state index contributed by atoms with van der Waals surface area (Å²) in [7, 11) is 0. The van der Waals surface area contributed by atoms with E-state index in [9.17, 15) is 9.59 Å². The molecule has 0 aromatic heterocycles. The van der Waals surface area contributed by atoms with Crippen LogP contribution in [0.15, 0.2) is 12.2 Å². The Balaban J connectivity index is 4.16. The number of ether oxygens (including phenoxy) is 1. The van der Waals surface area contributed by atoms with E-state index in [1.54, 1.807) is 0 Å². The molecule has 0 amide bonds. The molecule has 0 aliphatic carbocycles. The molecule has 0 saturated heterocycles. The van der Waals surface area contributed by atoms with E-state index >= 15 is 0 Å². The van der Waals surface area contributed by atoms with Crippen LogP contribution in [0.4, 0.5) is 0 Å². The number of allylic oxidation sites excluding steroid dienone is 1. The van der Waals surface area contributed by atoms with Crippen molar-refractivity contribution >= 4 is 11.9 Å². The minimum atomic E-state index is -0.725. The molecule has 1 unspecified atom stereocenters. The Morgan fingerprint density at radius 1 is 0.786 bits per heavy atom. The lowest BCUT2D eigenvalue weighted by Crippen LogP contribution is -2.16. The largest absolute Gasteiger partial charge is 0.481 e. The Kier molecular flexibility index (Phi) is 19.5. The number of hydrogen-bond acceptors (Lipinski definition) is 3. The number of carboxylic acids is 1. The number of carboxylic acid groups (broad SMARTS) is 1. The zero-order valence-corrected chi connectivity index (χ0v) is 18.4. The highest BCUT2D eigenvalue weighted by Gasteiger charge is 2.11. The molecule has 0 fully saturated rings. The van der Waals surface area contributed by atoms with Gasteiger partial charge in [0.05, 0.1) is 0 Å². The molecule has 0 aromatic rings. The maximum Gasteiger partial charge on any atom is 0.306 e. The summed E-state index contributed by atoms with van der Waals surface area (Å²) in [5.41, 5.74) is 0. The van der Waals surface area contributed by atoms with E-state index in [1.807, 2.05) is 0 Å². The third kappa shape index (κ3) is 19.4. The number of carbonyl (C=O) groups is 2. The van der Waals surface area contributed by atoms with Crippen molar-refractivity contribution in [3.63, 3.8) is 0 Å². The highest BCUT2D eigenvalue weighted by molar-refractivity contribution is 5.69. The van der Waals surface area contributed by atoms with Crippen LogP contribution in [0.2, 0.25) is 0 Å². The van der Waals surface area contributed by atoms with Gasteiger partial charge in [0, 0.05) is 12.8 Å². The molecule has 0 aliphatic rings. The van der Waals surface area contributed by atoms with Crippen LogP contribution in [0.3, 0.4) is 0 Å². The zero-order chi connectivity index (χ0) is 20.9. The first-order valence-corrected chi connectivity index (χ1v) is 11.7. The van der Waals surface area contributed by atoms with Gasteiger partial charge in [-0.3, -0.25) is 9.59 Å². The van der Waals surface area contributed by atoms with E-state index in [2.05, 4.69) is 26.0 Å². The fourth-order valence-corrected chi connectivity index (χ4v) is 3.21. The molecule has 0 aliphatic heterocycles. The molecule has 0 spiro atoms. The second-order valence-electron chi connectivity index (χ2n) is 7.82. The summed E-state index contributed by atoms with van der Waals surface area (Å²) in [6.45, 7) is 4.40. The Labute approximate surface area is 173 Å². The van der Waals surface area contributed by atoms with Crippen LogP contribution in [0.5, 0.6) is 0 Å². The van der Waals surface area contributed by atoms with E-state index in [0.29, 0.717) is 6.42 Å². The molecule has 0 heterocycles. The monoisotopic (exact) mass is 396 g/mol. The minimum absolute atomic E-state index is 0.0805. The van der Waals surface area contributed by atoms with Crippen molar-refractivity contribution in [1.82, 2.24) is 0 Å². The van der Waals surface area contributed by atoms with Crippen molar-refractivity contribution in [1.29, 1.82) is 0 Å². The fourth-order valence-electron chi connectivity index (χ4n) is 3.21. The summed E-state index contributed by atoms with van der Waals surface area (Å²) in [4.78, 5) is 22.7. The van der Waals surface area contributed by atoms with Gasteiger partial charge in [0.2, 0.25) is 0 Å². The SMILES string of the molecule is CCCCCC/C=C\C(CCCCCCC(=O)O)OC(=O)CCCCCCC. The number of unbranched alkanes of at least 4 members (excludes halogenated alkanes) is 11. The van der Waals surface area contributed by atoms with Crippen LogP contribution in [0.1, 0.15) is 123 Å². The van der Waals surface area contributed by atoms with Gasteiger partial charge in [0.25, 0.3) is 0 Å². The normalized spacial score (nSPS) is 12.4. The van der Waals surface area contributed by atoms with Crippen LogP contribution in [0.25, 0.3) is 0 Å². The van der Waals surface area contributed by atoms with E-state index < -0.39 is 5.97 Å². The minimum Gasteiger partial charge on any atom is -0.481 e. The van der Waals surface area contributed by atoms with Gasteiger partial charge >= 0.3 is 11.9 Å². The first kappa shape index (κ1) is 26.7. The maximum atomic E-state index is 12.1.